The van der Waals surface area contributed by atoms with E-state index in [2.05, 4.69) is 11.4 Å². The number of carbonyl (C=O) groups is 1. The van der Waals surface area contributed by atoms with Crippen LogP contribution in [0.2, 0.25) is 0 Å². The molecule has 0 aliphatic rings. The molecule has 79 valence electrons. The highest BCUT2D eigenvalue weighted by Crippen LogP contribution is 2.05. The molecule has 0 bridgehead atoms. The first kappa shape index (κ1) is 10.4. The Kier molecular flexibility index (Phi) is 3.34. The summed E-state index contributed by atoms with van der Waals surface area (Å²) in [5.74, 6) is 0.0911. The Hall–Kier alpha value is -2.09. The normalized spacial score (nSPS) is 9.75. The lowest BCUT2D eigenvalue weighted by molar-refractivity contribution is 0.101. The van der Waals surface area contributed by atoms with Crippen LogP contribution >= 0.6 is 0 Å². The highest BCUT2D eigenvalue weighted by molar-refractivity contribution is 5.98. The van der Waals surface area contributed by atoms with E-state index >= 15 is 0 Å². The maximum Gasteiger partial charge on any atom is 0.181 e. The zero-order valence-corrected chi connectivity index (χ0v) is 8.81. The first-order valence-electron chi connectivity index (χ1n) is 5.14. The summed E-state index contributed by atoms with van der Waals surface area (Å²) in [4.78, 5) is 11.7. The molecule has 0 amide bonds. The van der Waals surface area contributed by atoms with Gasteiger partial charge < -0.3 is 5.32 Å². The molecule has 0 heterocycles. The Bertz CT molecular complexity index is 451. The van der Waals surface area contributed by atoms with E-state index in [4.69, 9.17) is 0 Å². The van der Waals surface area contributed by atoms with Crippen LogP contribution in [-0.2, 0) is 0 Å². The van der Waals surface area contributed by atoms with Crippen LogP contribution in [0, 0.1) is 6.07 Å². The van der Waals surface area contributed by atoms with Crippen molar-refractivity contribution in [2.24, 2.45) is 0 Å². The predicted molar refractivity (Wildman–Crippen MR) is 64.5 cm³/mol. The lowest BCUT2D eigenvalue weighted by Crippen LogP contribution is -2.13. The van der Waals surface area contributed by atoms with Crippen molar-refractivity contribution in [3.05, 3.63) is 66.2 Å². The molecular formula is C14H12NO. The molecule has 0 aromatic heterocycles. The third kappa shape index (κ3) is 2.70. The monoisotopic (exact) mass is 210 g/mol. The van der Waals surface area contributed by atoms with Gasteiger partial charge in [0, 0.05) is 11.3 Å². The molecule has 2 nitrogen and oxygen atoms in total. The molecule has 0 saturated heterocycles. The van der Waals surface area contributed by atoms with Gasteiger partial charge in [0.15, 0.2) is 5.78 Å². The van der Waals surface area contributed by atoms with Crippen LogP contribution in [0.3, 0.4) is 0 Å². The van der Waals surface area contributed by atoms with Crippen LogP contribution < -0.4 is 5.32 Å². The molecule has 0 aliphatic heterocycles. The lowest BCUT2D eigenvalue weighted by atomic mass is 10.1. The minimum absolute atomic E-state index is 0.0911. The number of nitrogens with one attached hydrogen (secondary N) is 1. The van der Waals surface area contributed by atoms with E-state index in [1.807, 2.05) is 54.6 Å². The van der Waals surface area contributed by atoms with E-state index in [0.29, 0.717) is 6.54 Å². The number of Topliss-reactive ketones (excluding diaryl/α,β-unsaturated/α-hetero) is 1. The van der Waals surface area contributed by atoms with E-state index in [0.717, 1.165) is 11.3 Å². The number of benzene rings is 2. The fraction of sp³-hybridized carbons (Fsp3) is 0.0714. The molecule has 2 rings (SSSR count). The number of hydrogen-bond acceptors (Lipinski definition) is 2. The quantitative estimate of drug-likeness (QED) is 0.786. The van der Waals surface area contributed by atoms with Crippen molar-refractivity contribution in [3.63, 3.8) is 0 Å². The molecule has 0 unspecified atom stereocenters. The van der Waals surface area contributed by atoms with Crippen LogP contribution in [-0.4, -0.2) is 12.3 Å². The zero-order chi connectivity index (χ0) is 11.2. The molecule has 1 radical (unpaired) electrons. The smallest absolute Gasteiger partial charge is 0.181 e. The number of rotatable bonds is 4. The molecular weight excluding hydrogens is 198 g/mol. The highest BCUT2D eigenvalue weighted by Gasteiger charge is 2.03. The summed E-state index contributed by atoms with van der Waals surface area (Å²) in [5.41, 5.74) is 1.67. The number of carbonyl (C=O) groups excluding carboxylic acids is 1. The molecule has 0 saturated carbocycles. The van der Waals surface area contributed by atoms with E-state index in [1.54, 1.807) is 0 Å². The second-order valence-corrected chi connectivity index (χ2v) is 3.43. The van der Waals surface area contributed by atoms with Crippen molar-refractivity contribution in [1.29, 1.82) is 0 Å². The Morgan fingerprint density at radius 2 is 1.75 bits per heavy atom. The number of hydrogen-bond donors (Lipinski definition) is 1. The SMILES string of the molecule is O=C(CNc1cc[c]cc1)c1ccccc1. The zero-order valence-electron chi connectivity index (χ0n) is 8.81. The number of ketones is 1. The van der Waals surface area contributed by atoms with Crippen molar-refractivity contribution in [2.75, 3.05) is 11.9 Å². The summed E-state index contributed by atoms with van der Waals surface area (Å²) in [5, 5.41) is 3.07. The Morgan fingerprint density at radius 1 is 1.06 bits per heavy atom. The minimum atomic E-state index is 0.0911. The fourth-order valence-electron chi connectivity index (χ4n) is 1.41. The summed E-state index contributed by atoms with van der Waals surface area (Å²) in [6.07, 6.45) is 0. The molecule has 2 heteroatoms. The third-order valence-electron chi connectivity index (χ3n) is 2.27. The van der Waals surface area contributed by atoms with Crippen molar-refractivity contribution < 1.29 is 4.79 Å². The maximum absolute atomic E-state index is 11.7. The van der Waals surface area contributed by atoms with Gasteiger partial charge in [-0.15, -0.1) is 0 Å². The average Bonchev–Trinajstić information content (AvgIpc) is 2.38. The maximum atomic E-state index is 11.7. The predicted octanol–water partition coefficient (Wildman–Crippen LogP) is 2.78. The van der Waals surface area contributed by atoms with Crippen molar-refractivity contribution in [1.82, 2.24) is 0 Å². The Balaban J connectivity index is 1.95. The fourth-order valence-corrected chi connectivity index (χ4v) is 1.41. The van der Waals surface area contributed by atoms with Crippen molar-refractivity contribution in [2.45, 2.75) is 0 Å². The second-order valence-electron chi connectivity index (χ2n) is 3.43. The van der Waals surface area contributed by atoms with Gasteiger partial charge in [-0.1, -0.05) is 42.5 Å². The van der Waals surface area contributed by atoms with Gasteiger partial charge in [0.25, 0.3) is 0 Å². The van der Waals surface area contributed by atoms with Gasteiger partial charge in [0.1, 0.15) is 0 Å². The van der Waals surface area contributed by atoms with Crippen LogP contribution in [0.4, 0.5) is 5.69 Å². The van der Waals surface area contributed by atoms with Crippen LogP contribution in [0.25, 0.3) is 0 Å². The molecule has 16 heavy (non-hydrogen) atoms. The average molecular weight is 210 g/mol. The first-order valence-corrected chi connectivity index (χ1v) is 5.14. The van der Waals surface area contributed by atoms with Crippen molar-refractivity contribution in [3.8, 4) is 0 Å². The largest absolute Gasteiger partial charge is 0.378 e. The van der Waals surface area contributed by atoms with Crippen molar-refractivity contribution >= 4 is 11.5 Å². The van der Waals surface area contributed by atoms with E-state index in [-0.39, 0.29) is 5.78 Å². The molecule has 0 fully saturated rings. The lowest BCUT2D eigenvalue weighted by Gasteiger charge is -2.04. The number of anilines is 1. The summed E-state index contributed by atoms with van der Waals surface area (Å²) < 4.78 is 0. The summed E-state index contributed by atoms with van der Waals surface area (Å²) in [7, 11) is 0. The van der Waals surface area contributed by atoms with E-state index in [1.165, 1.54) is 0 Å². The molecule has 2 aromatic carbocycles. The van der Waals surface area contributed by atoms with Crippen LogP contribution in [0.15, 0.2) is 54.6 Å². The van der Waals surface area contributed by atoms with Gasteiger partial charge >= 0.3 is 0 Å². The second kappa shape index (κ2) is 5.12. The van der Waals surface area contributed by atoms with E-state index in [9.17, 15) is 4.79 Å². The molecule has 0 spiro atoms. The topological polar surface area (TPSA) is 29.1 Å². The first-order chi connectivity index (χ1) is 7.86. The van der Waals surface area contributed by atoms with Gasteiger partial charge in [-0.25, -0.2) is 0 Å². The van der Waals surface area contributed by atoms with Crippen LogP contribution in [0.5, 0.6) is 0 Å². The van der Waals surface area contributed by atoms with Gasteiger partial charge in [-0.05, 0) is 18.2 Å². The summed E-state index contributed by atoms with van der Waals surface area (Å²) >= 11 is 0. The van der Waals surface area contributed by atoms with Gasteiger partial charge in [-0.2, -0.15) is 0 Å². The minimum Gasteiger partial charge on any atom is -0.378 e. The summed E-state index contributed by atoms with van der Waals surface area (Å²) in [6.45, 7) is 0.314. The standard InChI is InChI=1S/C14H12NO/c16-14(12-7-3-1-4-8-12)11-15-13-9-5-2-6-10-13/h1,3-10,15H,11H2. The Morgan fingerprint density at radius 3 is 2.44 bits per heavy atom. The van der Waals surface area contributed by atoms with Gasteiger partial charge in [0.05, 0.1) is 6.54 Å². The Labute approximate surface area is 94.9 Å². The highest BCUT2D eigenvalue weighted by atomic mass is 16.1. The van der Waals surface area contributed by atoms with Gasteiger partial charge in [-0.3, -0.25) is 4.79 Å². The molecule has 0 aliphatic carbocycles. The van der Waals surface area contributed by atoms with E-state index < -0.39 is 0 Å². The molecule has 0 atom stereocenters. The van der Waals surface area contributed by atoms with Gasteiger partial charge in [0.2, 0.25) is 0 Å². The van der Waals surface area contributed by atoms with Crippen LogP contribution in [0.1, 0.15) is 10.4 Å². The molecule has 1 N–H and O–H groups in total. The summed E-state index contributed by atoms with van der Waals surface area (Å²) in [6, 6.07) is 19.6. The molecule has 2 aromatic rings. The third-order valence-corrected chi connectivity index (χ3v) is 2.27.